The Morgan fingerprint density at radius 1 is 1.39 bits per heavy atom. The molecule has 2 heterocycles. The number of benzene rings is 1. The Morgan fingerprint density at radius 2 is 2.22 bits per heavy atom. The molecule has 0 saturated heterocycles. The number of H-pyrrole nitrogens is 1. The topological polar surface area (TPSA) is 116 Å². The second-order valence-electron chi connectivity index (χ2n) is 4.64. The smallest absolute Gasteiger partial charge is 0.337 e. The molecule has 0 aliphatic carbocycles. The number of ether oxygens (including phenoxy) is 2. The number of hydrogen-bond acceptors (Lipinski definition) is 7. The third-order valence-corrected chi connectivity index (χ3v) is 3.49. The number of nitrogens with one attached hydrogen (secondary N) is 1. The Hall–Kier alpha value is -2.87. The number of carbonyl (C=O) groups excluding carboxylic acids is 1. The lowest BCUT2D eigenvalue weighted by atomic mass is 10.1. The maximum absolute atomic E-state index is 11.5. The molecule has 2 aromatic heterocycles. The second kappa shape index (κ2) is 6.09. The molecule has 3 N–H and O–H groups in total. The summed E-state index contributed by atoms with van der Waals surface area (Å²) in [5.41, 5.74) is 7.69. The fourth-order valence-electron chi connectivity index (χ4n) is 2.01. The number of fused-ring (bicyclic) bond motifs is 1. The van der Waals surface area contributed by atoms with Crippen LogP contribution in [0.5, 0.6) is 5.75 Å². The van der Waals surface area contributed by atoms with E-state index in [1.807, 2.05) is 0 Å². The van der Waals surface area contributed by atoms with E-state index in [4.69, 9.17) is 22.1 Å². The van der Waals surface area contributed by atoms with Gasteiger partial charge in [-0.15, -0.1) is 5.10 Å². The first-order valence-electron chi connectivity index (χ1n) is 6.55. The molecule has 0 aliphatic rings. The summed E-state index contributed by atoms with van der Waals surface area (Å²) < 4.78 is 10.4. The van der Waals surface area contributed by atoms with Crippen molar-refractivity contribution in [1.82, 2.24) is 20.4 Å². The minimum atomic E-state index is -0.453. The van der Waals surface area contributed by atoms with E-state index in [1.165, 1.54) is 13.2 Å². The van der Waals surface area contributed by atoms with E-state index in [0.717, 1.165) is 0 Å². The number of carbonyl (C=O) groups is 1. The molecule has 3 rings (SSSR count). The van der Waals surface area contributed by atoms with Crippen molar-refractivity contribution in [2.45, 2.75) is 6.61 Å². The van der Waals surface area contributed by atoms with Gasteiger partial charge in [-0.1, -0.05) is 22.9 Å². The zero-order valence-corrected chi connectivity index (χ0v) is 12.8. The summed E-state index contributed by atoms with van der Waals surface area (Å²) in [6.07, 6.45) is 0. The average Bonchev–Trinajstić information content (AvgIpc) is 3.00. The van der Waals surface area contributed by atoms with Crippen LogP contribution in [0, 0.1) is 0 Å². The number of esters is 1. The molecule has 0 aliphatic heterocycles. The molecule has 3 aromatic rings. The van der Waals surface area contributed by atoms with Crippen LogP contribution >= 0.6 is 11.6 Å². The molecule has 118 valence electrons. The molecule has 8 nitrogen and oxygen atoms in total. The Balaban J connectivity index is 1.82. The summed E-state index contributed by atoms with van der Waals surface area (Å²) in [7, 11) is 1.31. The molecular formula is C14H12ClN5O3. The number of methoxy groups -OCH3 is 1. The minimum absolute atomic E-state index is 0.172. The zero-order valence-electron chi connectivity index (χ0n) is 12.0. The van der Waals surface area contributed by atoms with E-state index in [2.05, 4.69) is 25.1 Å². The molecule has 0 radical (unpaired) electrons. The van der Waals surface area contributed by atoms with E-state index in [0.29, 0.717) is 33.1 Å². The van der Waals surface area contributed by atoms with Crippen LogP contribution in [0.1, 0.15) is 15.9 Å². The number of halogens is 1. The van der Waals surface area contributed by atoms with Gasteiger partial charge in [-0.3, -0.25) is 0 Å². The standard InChI is InChI=1S/C14H12ClN5O3/c1-22-14(21)7-2-3-8(9(15)4-7)6-23-10-5-11(16)17-13-12(10)18-20-19-13/h2-5H,6H2,1H3,(H3,16,17,18,19,20). The van der Waals surface area contributed by atoms with Crippen molar-refractivity contribution < 1.29 is 14.3 Å². The van der Waals surface area contributed by atoms with Gasteiger partial charge in [0.2, 0.25) is 0 Å². The summed E-state index contributed by atoms with van der Waals surface area (Å²) in [6.45, 7) is 0.172. The number of aromatic nitrogens is 4. The Bertz CT molecular complexity index is 880. The van der Waals surface area contributed by atoms with Gasteiger partial charge in [0.05, 0.1) is 12.7 Å². The van der Waals surface area contributed by atoms with Crippen LogP contribution in [0.25, 0.3) is 11.2 Å². The van der Waals surface area contributed by atoms with Crippen LogP contribution in [-0.4, -0.2) is 33.5 Å². The molecule has 0 fully saturated rings. The van der Waals surface area contributed by atoms with Crippen molar-refractivity contribution in [2.24, 2.45) is 0 Å². The van der Waals surface area contributed by atoms with Gasteiger partial charge in [0.1, 0.15) is 12.4 Å². The minimum Gasteiger partial charge on any atom is -0.486 e. The summed E-state index contributed by atoms with van der Waals surface area (Å²) >= 11 is 6.17. The van der Waals surface area contributed by atoms with Crippen molar-refractivity contribution >= 4 is 34.6 Å². The zero-order chi connectivity index (χ0) is 16.4. The fraction of sp³-hybridized carbons (Fsp3) is 0.143. The van der Waals surface area contributed by atoms with Crippen molar-refractivity contribution in [3.05, 3.63) is 40.4 Å². The number of rotatable bonds is 4. The lowest BCUT2D eigenvalue weighted by Gasteiger charge is -2.09. The SMILES string of the molecule is COC(=O)c1ccc(COc2cc(N)nc3[nH]nnc23)c(Cl)c1. The highest BCUT2D eigenvalue weighted by Crippen LogP contribution is 2.26. The fourth-order valence-corrected chi connectivity index (χ4v) is 2.24. The average molecular weight is 334 g/mol. The Morgan fingerprint density at radius 3 is 2.96 bits per heavy atom. The van der Waals surface area contributed by atoms with Gasteiger partial charge in [-0.2, -0.15) is 0 Å². The van der Waals surface area contributed by atoms with Crippen LogP contribution in [0.4, 0.5) is 5.82 Å². The lowest BCUT2D eigenvalue weighted by Crippen LogP contribution is -2.03. The number of hydrogen-bond donors (Lipinski definition) is 2. The van der Waals surface area contributed by atoms with Crippen molar-refractivity contribution in [3.8, 4) is 5.75 Å². The van der Waals surface area contributed by atoms with Gasteiger partial charge in [0, 0.05) is 16.7 Å². The van der Waals surface area contributed by atoms with E-state index >= 15 is 0 Å². The second-order valence-corrected chi connectivity index (χ2v) is 5.05. The van der Waals surface area contributed by atoms with Crippen LogP contribution in [-0.2, 0) is 11.3 Å². The molecule has 0 spiro atoms. The van der Waals surface area contributed by atoms with E-state index in [-0.39, 0.29) is 12.4 Å². The normalized spacial score (nSPS) is 10.7. The quantitative estimate of drug-likeness (QED) is 0.701. The maximum Gasteiger partial charge on any atom is 0.337 e. The number of nitrogens with zero attached hydrogens (tertiary/aromatic N) is 3. The third kappa shape index (κ3) is 3.02. The molecular weight excluding hydrogens is 322 g/mol. The van der Waals surface area contributed by atoms with Crippen molar-refractivity contribution in [3.63, 3.8) is 0 Å². The molecule has 23 heavy (non-hydrogen) atoms. The highest BCUT2D eigenvalue weighted by Gasteiger charge is 2.12. The Kier molecular flexibility index (Phi) is 3.98. The molecule has 0 bridgehead atoms. The highest BCUT2D eigenvalue weighted by molar-refractivity contribution is 6.31. The number of anilines is 1. The van der Waals surface area contributed by atoms with E-state index in [1.54, 1.807) is 18.2 Å². The summed E-state index contributed by atoms with van der Waals surface area (Å²) in [5, 5.41) is 10.6. The predicted molar refractivity (Wildman–Crippen MR) is 83.2 cm³/mol. The number of aromatic amines is 1. The first-order chi connectivity index (χ1) is 11.1. The number of nitrogen functional groups attached to an aromatic ring is 1. The van der Waals surface area contributed by atoms with Crippen molar-refractivity contribution in [2.75, 3.05) is 12.8 Å². The summed E-state index contributed by atoms with van der Waals surface area (Å²) in [6, 6.07) is 6.39. The van der Waals surface area contributed by atoms with Crippen LogP contribution in [0.2, 0.25) is 5.02 Å². The number of nitrogens with two attached hydrogens (primary N) is 1. The van der Waals surface area contributed by atoms with Crippen LogP contribution in [0.3, 0.4) is 0 Å². The third-order valence-electron chi connectivity index (χ3n) is 3.14. The van der Waals surface area contributed by atoms with Gasteiger partial charge in [0.25, 0.3) is 0 Å². The van der Waals surface area contributed by atoms with Crippen LogP contribution < -0.4 is 10.5 Å². The predicted octanol–water partition coefficient (Wildman–Crippen LogP) is 1.95. The van der Waals surface area contributed by atoms with Gasteiger partial charge in [-0.25, -0.2) is 14.9 Å². The molecule has 0 unspecified atom stereocenters. The number of pyridine rings is 1. The van der Waals surface area contributed by atoms with Gasteiger partial charge < -0.3 is 15.2 Å². The maximum atomic E-state index is 11.5. The Labute approximate surface area is 135 Å². The van der Waals surface area contributed by atoms with E-state index in [9.17, 15) is 4.79 Å². The molecule has 0 atom stereocenters. The first kappa shape index (κ1) is 15.0. The molecule has 1 aromatic carbocycles. The lowest BCUT2D eigenvalue weighted by molar-refractivity contribution is 0.0600. The monoisotopic (exact) mass is 333 g/mol. The molecule has 9 heteroatoms. The van der Waals surface area contributed by atoms with Gasteiger partial charge in [-0.05, 0) is 12.1 Å². The first-order valence-corrected chi connectivity index (χ1v) is 6.93. The summed E-state index contributed by atoms with van der Waals surface area (Å²) in [5.74, 6) is 0.269. The van der Waals surface area contributed by atoms with E-state index < -0.39 is 5.97 Å². The highest BCUT2D eigenvalue weighted by atomic mass is 35.5. The molecule has 0 amide bonds. The van der Waals surface area contributed by atoms with Crippen LogP contribution in [0.15, 0.2) is 24.3 Å². The summed E-state index contributed by atoms with van der Waals surface area (Å²) in [4.78, 5) is 15.5. The molecule has 0 saturated carbocycles. The largest absolute Gasteiger partial charge is 0.486 e. The van der Waals surface area contributed by atoms with Crippen molar-refractivity contribution in [1.29, 1.82) is 0 Å². The van der Waals surface area contributed by atoms with Gasteiger partial charge >= 0.3 is 5.97 Å². The van der Waals surface area contributed by atoms with Gasteiger partial charge in [0.15, 0.2) is 16.9 Å².